The van der Waals surface area contributed by atoms with Crippen molar-refractivity contribution in [1.82, 2.24) is 0 Å². The van der Waals surface area contributed by atoms with E-state index in [1.54, 1.807) is 6.08 Å². The van der Waals surface area contributed by atoms with Gasteiger partial charge in [0.25, 0.3) is 0 Å². The van der Waals surface area contributed by atoms with Crippen LogP contribution in [0.2, 0.25) is 0 Å². The lowest BCUT2D eigenvalue weighted by atomic mass is 9.92. The van der Waals surface area contributed by atoms with Crippen LogP contribution in [0.1, 0.15) is 66.2 Å². The van der Waals surface area contributed by atoms with Crippen molar-refractivity contribution in [3.05, 3.63) is 12.7 Å². The van der Waals surface area contributed by atoms with Gasteiger partial charge >= 0.3 is 0 Å². The Kier molecular flexibility index (Phi) is 7.74. The molecular weight excluding hydrogens is 196 g/mol. The van der Waals surface area contributed by atoms with Crippen molar-refractivity contribution in [2.24, 2.45) is 11.8 Å². The first-order valence-corrected chi connectivity index (χ1v) is 6.73. The molecule has 0 spiro atoms. The molecule has 0 rings (SSSR count). The quantitative estimate of drug-likeness (QED) is 0.572. The van der Waals surface area contributed by atoms with Gasteiger partial charge in [-0.05, 0) is 25.2 Å². The highest BCUT2D eigenvalue weighted by atomic mass is 16.3. The maximum atomic E-state index is 9.77. The van der Waals surface area contributed by atoms with Gasteiger partial charge in [-0.3, -0.25) is 0 Å². The van der Waals surface area contributed by atoms with E-state index in [-0.39, 0.29) is 0 Å². The predicted octanol–water partition coefficient (Wildman–Crippen LogP) is 4.56. The summed E-state index contributed by atoms with van der Waals surface area (Å²) >= 11 is 0. The molecule has 0 heterocycles. The van der Waals surface area contributed by atoms with Crippen LogP contribution in [-0.4, -0.2) is 10.7 Å². The van der Waals surface area contributed by atoms with Gasteiger partial charge in [0.05, 0.1) is 5.60 Å². The van der Waals surface area contributed by atoms with Crippen molar-refractivity contribution in [2.75, 3.05) is 0 Å². The van der Waals surface area contributed by atoms with E-state index in [9.17, 15) is 5.11 Å². The van der Waals surface area contributed by atoms with Gasteiger partial charge in [0.1, 0.15) is 0 Å². The Morgan fingerprint density at radius 2 is 1.69 bits per heavy atom. The van der Waals surface area contributed by atoms with E-state index >= 15 is 0 Å². The molecule has 1 nitrogen and oxygen atoms in total. The van der Waals surface area contributed by atoms with Crippen LogP contribution >= 0.6 is 0 Å². The van der Waals surface area contributed by atoms with E-state index in [0.29, 0.717) is 0 Å². The molecule has 16 heavy (non-hydrogen) atoms. The summed E-state index contributed by atoms with van der Waals surface area (Å²) in [7, 11) is 0. The molecule has 0 aliphatic rings. The minimum atomic E-state index is -0.669. The second-order valence-electron chi connectivity index (χ2n) is 5.88. The standard InChI is InChI=1S/C15H30O/c1-6-15(5,16)12-8-11-14(4)10-7-9-13(2)3/h6,13-14,16H,1,7-12H2,2-5H3/t14-,15-/m1/s1. The summed E-state index contributed by atoms with van der Waals surface area (Å²) in [4.78, 5) is 0. The Bertz CT molecular complexity index is 182. The van der Waals surface area contributed by atoms with Gasteiger partial charge in [0.2, 0.25) is 0 Å². The third-order valence-corrected chi connectivity index (χ3v) is 3.30. The summed E-state index contributed by atoms with van der Waals surface area (Å²) in [6.45, 7) is 12.4. The summed E-state index contributed by atoms with van der Waals surface area (Å²) < 4.78 is 0. The van der Waals surface area contributed by atoms with Crippen molar-refractivity contribution in [3.8, 4) is 0 Å². The molecule has 0 amide bonds. The van der Waals surface area contributed by atoms with E-state index in [2.05, 4.69) is 27.4 Å². The Hall–Kier alpha value is -0.300. The minimum absolute atomic E-state index is 0.669. The summed E-state index contributed by atoms with van der Waals surface area (Å²) in [5.74, 6) is 1.62. The fourth-order valence-electron chi connectivity index (χ4n) is 1.93. The summed E-state index contributed by atoms with van der Waals surface area (Å²) in [6, 6.07) is 0. The zero-order valence-corrected chi connectivity index (χ0v) is 11.6. The fraction of sp³-hybridized carbons (Fsp3) is 0.867. The van der Waals surface area contributed by atoms with Crippen LogP contribution < -0.4 is 0 Å². The number of rotatable bonds is 9. The third-order valence-electron chi connectivity index (χ3n) is 3.30. The molecule has 0 radical (unpaired) electrons. The van der Waals surface area contributed by atoms with Gasteiger partial charge in [-0.15, -0.1) is 6.58 Å². The molecule has 0 aromatic carbocycles. The Morgan fingerprint density at radius 3 is 2.19 bits per heavy atom. The average Bonchev–Trinajstić information content (AvgIpc) is 2.17. The molecule has 0 unspecified atom stereocenters. The molecular formula is C15H30O. The molecule has 0 aliphatic carbocycles. The molecule has 2 atom stereocenters. The first-order chi connectivity index (χ1) is 7.37. The molecule has 1 N–H and O–H groups in total. The van der Waals surface area contributed by atoms with Crippen molar-refractivity contribution in [2.45, 2.75) is 71.8 Å². The maximum absolute atomic E-state index is 9.77. The van der Waals surface area contributed by atoms with Crippen molar-refractivity contribution < 1.29 is 5.11 Å². The van der Waals surface area contributed by atoms with Gasteiger partial charge in [-0.2, -0.15) is 0 Å². The molecule has 0 fully saturated rings. The van der Waals surface area contributed by atoms with Crippen molar-refractivity contribution in [1.29, 1.82) is 0 Å². The molecule has 0 aromatic rings. The lowest BCUT2D eigenvalue weighted by Crippen LogP contribution is -2.20. The fourth-order valence-corrected chi connectivity index (χ4v) is 1.93. The second kappa shape index (κ2) is 7.89. The summed E-state index contributed by atoms with van der Waals surface area (Å²) in [5, 5.41) is 9.77. The number of hydrogen-bond acceptors (Lipinski definition) is 1. The lowest BCUT2D eigenvalue weighted by molar-refractivity contribution is 0.0974. The number of hydrogen-bond donors (Lipinski definition) is 1. The van der Waals surface area contributed by atoms with Gasteiger partial charge in [-0.1, -0.05) is 59.0 Å². The maximum Gasteiger partial charge on any atom is 0.0797 e. The molecule has 0 bridgehead atoms. The largest absolute Gasteiger partial charge is 0.386 e. The van der Waals surface area contributed by atoms with Crippen LogP contribution in [-0.2, 0) is 0 Å². The van der Waals surface area contributed by atoms with E-state index in [0.717, 1.165) is 24.7 Å². The van der Waals surface area contributed by atoms with Crippen molar-refractivity contribution >= 4 is 0 Å². The van der Waals surface area contributed by atoms with E-state index in [4.69, 9.17) is 0 Å². The van der Waals surface area contributed by atoms with Crippen LogP contribution in [0, 0.1) is 11.8 Å². The van der Waals surface area contributed by atoms with Gasteiger partial charge in [-0.25, -0.2) is 0 Å². The summed E-state index contributed by atoms with van der Waals surface area (Å²) in [5.41, 5.74) is -0.669. The molecule has 0 saturated heterocycles. The molecule has 0 saturated carbocycles. The highest BCUT2D eigenvalue weighted by molar-refractivity contribution is 4.91. The predicted molar refractivity (Wildman–Crippen MR) is 72.5 cm³/mol. The highest BCUT2D eigenvalue weighted by Crippen LogP contribution is 2.21. The Morgan fingerprint density at radius 1 is 1.12 bits per heavy atom. The van der Waals surface area contributed by atoms with E-state index < -0.39 is 5.60 Å². The van der Waals surface area contributed by atoms with Gasteiger partial charge < -0.3 is 5.11 Å². The minimum Gasteiger partial charge on any atom is -0.386 e. The van der Waals surface area contributed by atoms with E-state index in [1.807, 2.05) is 6.92 Å². The normalized spacial score (nSPS) is 17.1. The first kappa shape index (κ1) is 15.7. The summed E-state index contributed by atoms with van der Waals surface area (Å²) in [6.07, 6.45) is 8.82. The van der Waals surface area contributed by atoms with Crippen LogP contribution in [0.4, 0.5) is 0 Å². The smallest absolute Gasteiger partial charge is 0.0797 e. The molecule has 0 aliphatic heterocycles. The SMILES string of the molecule is C=C[C@@](C)(O)CCC[C@H](C)CCCC(C)C. The van der Waals surface area contributed by atoms with Gasteiger partial charge in [0.15, 0.2) is 0 Å². The number of aliphatic hydroxyl groups is 1. The third kappa shape index (κ3) is 8.96. The molecule has 1 heteroatoms. The van der Waals surface area contributed by atoms with Crippen LogP contribution in [0.15, 0.2) is 12.7 Å². The molecule has 0 aromatic heterocycles. The van der Waals surface area contributed by atoms with Gasteiger partial charge in [0, 0.05) is 0 Å². The van der Waals surface area contributed by atoms with E-state index in [1.165, 1.54) is 25.7 Å². The molecule has 96 valence electrons. The zero-order chi connectivity index (χ0) is 12.6. The topological polar surface area (TPSA) is 20.2 Å². The average molecular weight is 226 g/mol. The van der Waals surface area contributed by atoms with Crippen LogP contribution in [0.25, 0.3) is 0 Å². The first-order valence-electron chi connectivity index (χ1n) is 6.73. The Labute approximate surface area is 102 Å². The second-order valence-corrected chi connectivity index (χ2v) is 5.88. The van der Waals surface area contributed by atoms with Crippen LogP contribution in [0.3, 0.4) is 0 Å². The van der Waals surface area contributed by atoms with Crippen molar-refractivity contribution in [3.63, 3.8) is 0 Å². The Balaban J connectivity index is 3.50. The van der Waals surface area contributed by atoms with Crippen LogP contribution in [0.5, 0.6) is 0 Å². The highest BCUT2D eigenvalue weighted by Gasteiger charge is 2.15. The monoisotopic (exact) mass is 226 g/mol. The zero-order valence-electron chi connectivity index (χ0n) is 11.6. The lowest BCUT2D eigenvalue weighted by Gasteiger charge is -2.19.